The average Bonchev–Trinajstić information content (AvgIpc) is 2.16. The van der Waals surface area contributed by atoms with Crippen molar-refractivity contribution in [3.63, 3.8) is 0 Å². The summed E-state index contributed by atoms with van der Waals surface area (Å²) in [6, 6.07) is 5.27. The Morgan fingerprint density at radius 3 is 3.25 bits per heavy atom. The molecule has 2 rings (SSSR count). The highest BCUT2D eigenvalue weighted by atomic mass is 32.2. The fourth-order valence-electron chi connectivity index (χ4n) is 1.18. The van der Waals surface area contributed by atoms with Gasteiger partial charge in [0.15, 0.2) is 0 Å². The molecule has 0 amide bonds. The van der Waals surface area contributed by atoms with Gasteiger partial charge < -0.3 is 4.90 Å². The first-order chi connectivity index (χ1) is 6.98. The van der Waals surface area contributed by atoms with Gasteiger partial charge in [0.1, 0.15) is 0 Å². The van der Waals surface area contributed by atoms with E-state index in [0.717, 1.165) is 10.6 Å². The highest BCUT2D eigenvalue weighted by Crippen LogP contribution is 2.34. The van der Waals surface area contributed by atoms with Crippen LogP contribution < -0.4 is 4.90 Å². The molecule has 12 heavy (non-hydrogen) atoms. The summed E-state index contributed by atoms with van der Waals surface area (Å²) in [4.78, 5) is 2.98. The third-order valence-corrected chi connectivity index (χ3v) is 2.66. The number of thioether (sulfide) groups is 1. The highest BCUT2D eigenvalue weighted by Gasteiger charge is 2.08. The van der Waals surface area contributed by atoms with Gasteiger partial charge in [-0.05, 0) is 30.0 Å². The van der Waals surface area contributed by atoms with E-state index in [9.17, 15) is 0 Å². The van der Waals surface area contributed by atoms with Crippen LogP contribution in [0.25, 0.3) is 0 Å². The van der Waals surface area contributed by atoms with Gasteiger partial charge in [-0.25, -0.2) is 0 Å². The van der Waals surface area contributed by atoms with E-state index < -0.39 is 6.85 Å². The number of rotatable bonds is 0. The molecule has 0 bridgehead atoms. The van der Waals surface area contributed by atoms with Gasteiger partial charge in [0.2, 0.25) is 0 Å². The molecule has 1 nitrogen and oxygen atoms in total. The second kappa shape index (κ2) is 2.87. The smallest absolute Gasteiger partial charge is 0.0545 e. The molecule has 0 unspecified atom stereocenters. The predicted octanol–water partition coefficient (Wildman–Crippen LogP) is 3.01. The zero-order chi connectivity index (χ0) is 11.1. The topological polar surface area (TPSA) is 3.24 Å². The fourth-order valence-corrected chi connectivity index (χ4v) is 2.09. The van der Waals surface area contributed by atoms with E-state index in [2.05, 4.69) is 0 Å². The lowest BCUT2D eigenvalue weighted by molar-refractivity contribution is 1.15. The Morgan fingerprint density at radius 1 is 1.50 bits per heavy atom. The molecular formula is C10H11NS. The molecule has 0 atom stereocenters. The maximum Gasteiger partial charge on any atom is 0.0545 e. The molecule has 1 aromatic rings. The Hall–Kier alpha value is -0.890. The van der Waals surface area contributed by atoms with Crippen LogP contribution in [0, 0.1) is 6.85 Å². The minimum Gasteiger partial charge on any atom is -0.350 e. The van der Waals surface area contributed by atoms with E-state index >= 15 is 0 Å². The normalized spacial score (nSPS) is 19.4. The molecule has 0 N–H and O–H groups in total. The van der Waals surface area contributed by atoms with Crippen LogP contribution in [-0.4, -0.2) is 7.05 Å². The largest absolute Gasteiger partial charge is 0.350 e. The van der Waals surface area contributed by atoms with Crippen molar-refractivity contribution in [1.82, 2.24) is 0 Å². The zero-order valence-corrected chi connectivity index (χ0v) is 7.56. The first-order valence-electron chi connectivity index (χ1n) is 5.19. The van der Waals surface area contributed by atoms with Gasteiger partial charge in [0.05, 0.1) is 5.69 Å². The van der Waals surface area contributed by atoms with Crippen LogP contribution in [-0.2, 0) is 0 Å². The predicted molar refractivity (Wildman–Crippen MR) is 54.6 cm³/mol. The van der Waals surface area contributed by atoms with Crippen molar-refractivity contribution in [3.8, 4) is 0 Å². The average molecular weight is 180 g/mol. The van der Waals surface area contributed by atoms with Gasteiger partial charge in [0, 0.05) is 22.3 Å². The lowest BCUT2D eigenvalue weighted by atomic mass is 10.2. The molecule has 0 saturated heterocycles. The van der Waals surface area contributed by atoms with Crippen LogP contribution >= 0.6 is 11.8 Å². The number of aryl methyl sites for hydroxylation is 1. The van der Waals surface area contributed by atoms with E-state index in [1.807, 2.05) is 29.6 Å². The van der Waals surface area contributed by atoms with Crippen LogP contribution in [0.3, 0.4) is 0 Å². The van der Waals surface area contributed by atoms with E-state index in [4.69, 9.17) is 4.11 Å². The number of benzene rings is 1. The molecule has 62 valence electrons. The summed E-state index contributed by atoms with van der Waals surface area (Å²) < 4.78 is 22.0. The zero-order valence-electron chi connectivity index (χ0n) is 9.74. The van der Waals surface area contributed by atoms with Gasteiger partial charge in [0.25, 0.3) is 0 Å². The Labute approximate surface area is 81.3 Å². The fraction of sp³-hybridized carbons (Fsp3) is 0.200. The quantitative estimate of drug-likeness (QED) is 0.604. The molecule has 1 aliphatic heterocycles. The van der Waals surface area contributed by atoms with Crippen molar-refractivity contribution < 1.29 is 4.11 Å². The molecule has 0 fully saturated rings. The first kappa shape index (κ1) is 4.97. The van der Waals surface area contributed by atoms with E-state index in [0.29, 0.717) is 5.56 Å². The number of fused-ring (bicyclic) bond motifs is 1. The Morgan fingerprint density at radius 2 is 2.42 bits per heavy atom. The van der Waals surface area contributed by atoms with Crippen LogP contribution in [0.15, 0.2) is 34.7 Å². The maximum absolute atomic E-state index is 7.33. The molecule has 2 heteroatoms. The van der Waals surface area contributed by atoms with Crippen LogP contribution in [0.2, 0.25) is 0 Å². The maximum atomic E-state index is 7.33. The van der Waals surface area contributed by atoms with Crippen molar-refractivity contribution >= 4 is 17.4 Å². The van der Waals surface area contributed by atoms with Crippen molar-refractivity contribution in [2.45, 2.75) is 11.7 Å². The summed E-state index contributed by atoms with van der Waals surface area (Å²) in [5.41, 5.74) is 1.45. The Kier molecular flexibility index (Phi) is 1.19. The van der Waals surface area contributed by atoms with Crippen LogP contribution in [0.5, 0.6) is 0 Å². The first-order valence-corrected chi connectivity index (χ1v) is 4.57. The van der Waals surface area contributed by atoms with Crippen LogP contribution in [0.4, 0.5) is 5.69 Å². The molecule has 0 saturated carbocycles. The number of nitrogens with zero attached hydrogens (tertiary/aromatic N) is 1. The molecule has 0 spiro atoms. The van der Waals surface area contributed by atoms with E-state index in [1.54, 1.807) is 23.9 Å². The van der Waals surface area contributed by atoms with E-state index in [-0.39, 0.29) is 0 Å². The van der Waals surface area contributed by atoms with Crippen LogP contribution in [0.1, 0.15) is 9.68 Å². The van der Waals surface area contributed by atoms with Crippen molar-refractivity contribution in [2.75, 3.05) is 11.9 Å². The molecule has 1 aliphatic rings. The lowest BCUT2D eigenvalue weighted by Gasteiger charge is -2.21. The molecule has 1 aromatic carbocycles. The molecule has 0 radical (unpaired) electrons. The lowest BCUT2D eigenvalue weighted by Crippen LogP contribution is -2.10. The molecular weight excluding hydrogens is 166 g/mol. The molecule has 0 aliphatic carbocycles. The van der Waals surface area contributed by atoms with Crippen molar-refractivity contribution in [1.29, 1.82) is 0 Å². The Balaban J connectivity index is 2.45. The summed E-state index contributed by atoms with van der Waals surface area (Å²) in [5, 5.41) is 1.95. The minimum atomic E-state index is -2.02. The van der Waals surface area contributed by atoms with Gasteiger partial charge in [-0.3, -0.25) is 0 Å². The SMILES string of the molecule is [2H]C([2H])([2H])c1ccc2c(c1)SC=CN2C. The van der Waals surface area contributed by atoms with Gasteiger partial charge in [-0.1, -0.05) is 17.8 Å². The standard InChI is InChI=1S/C10H11NS/c1-8-3-4-9-10(7-8)12-6-5-11(9)2/h3-7H,1-2H3/i1D3. The van der Waals surface area contributed by atoms with Crippen molar-refractivity contribution in [3.05, 3.63) is 35.4 Å². The summed E-state index contributed by atoms with van der Waals surface area (Å²) in [5.74, 6) is 0. The van der Waals surface area contributed by atoms with E-state index in [1.165, 1.54) is 0 Å². The highest BCUT2D eigenvalue weighted by molar-refractivity contribution is 8.02. The summed E-state index contributed by atoms with van der Waals surface area (Å²) >= 11 is 1.55. The molecule has 1 heterocycles. The number of hydrogen-bond donors (Lipinski definition) is 0. The van der Waals surface area contributed by atoms with Gasteiger partial charge in [-0.2, -0.15) is 0 Å². The third kappa shape index (κ3) is 1.23. The Bertz CT molecular complexity index is 412. The second-order valence-corrected chi connectivity index (χ2v) is 3.64. The second-order valence-electron chi connectivity index (χ2n) is 2.70. The summed E-state index contributed by atoms with van der Waals surface area (Å²) in [6.07, 6.45) is 1.96. The third-order valence-electron chi connectivity index (χ3n) is 1.82. The number of hydrogen-bond acceptors (Lipinski definition) is 2. The molecule has 0 aromatic heterocycles. The van der Waals surface area contributed by atoms with Crippen molar-refractivity contribution in [2.24, 2.45) is 0 Å². The van der Waals surface area contributed by atoms with Gasteiger partial charge in [-0.15, -0.1) is 0 Å². The monoisotopic (exact) mass is 180 g/mol. The summed E-state index contributed by atoms with van der Waals surface area (Å²) in [6.45, 7) is -2.02. The minimum absolute atomic E-state index is 0.400. The number of anilines is 1. The van der Waals surface area contributed by atoms with Gasteiger partial charge >= 0.3 is 0 Å². The summed E-state index contributed by atoms with van der Waals surface area (Å²) in [7, 11) is 1.95.